The number of hydrogen-bond acceptors (Lipinski definition) is 0. The average Bonchev–Trinajstić information content (AvgIpc) is 3.58. The molecule has 2 aliphatic rings. The zero-order chi connectivity index (χ0) is 38.2. The first-order chi connectivity index (χ1) is 26.5. The fourth-order valence-electron chi connectivity index (χ4n) is 10.7. The molecule has 0 bridgehead atoms. The Bertz CT molecular complexity index is 1410. The van der Waals surface area contributed by atoms with E-state index in [2.05, 4.69) is 99.1 Å². The fourth-order valence-corrected chi connectivity index (χ4v) is 11.1. The third kappa shape index (κ3) is 10.4. The molecule has 54 heavy (non-hydrogen) atoms. The molecule has 0 nitrogen and oxygen atoms in total. The van der Waals surface area contributed by atoms with Gasteiger partial charge in [-0.25, -0.2) is 0 Å². The molecule has 0 N–H and O–H groups in total. The highest BCUT2D eigenvalue weighted by atomic mass is 79.9. The standard InChI is InChI=1S/C53H79Br/c1-6-10-14-18-22-26-34-52(35-27-23-19-15-11-7-2)48-38-42(5)30-32-44(48)46-40-51-47(41-50(46)52)45-33-31-43(54)39-49(45)53(51,36-28-24-20-16-12-8-3)37-29-25-21-17-13-9-4/h30-33,38-41H,6-29,34-37H2,1-5H3. The van der Waals surface area contributed by atoms with Crippen LogP contribution >= 0.6 is 15.9 Å². The van der Waals surface area contributed by atoms with Gasteiger partial charge in [0, 0.05) is 15.3 Å². The van der Waals surface area contributed by atoms with E-state index >= 15 is 0 Å². The highest BCUT2D eigenvalue weighted by Crippen LogP contribution is 2.61. The van der Waals surface area contributed by atoms with E-state index in [4.69, 9.17) is 0 Å². The number of hydrogen-bond donors (Lipinski definition) is 0. The Morgan fingerprint density at radius 1 is 0.352 bits per heavy atom. The van der Waals surface area contributed by atoms with Crippen molar-refractivity contribution in [2.45, 2.75) is 225 Å². The van der Waals surface area contributed by atoms with E-state index < -0.39 is 0 Å². The van der Waals surface area contributed by atoms with E-state index in [1.807, 2.05) is 0 Å². The maximum absolute atomic E-state index is 3.98. The van der Waals surface area contributed by atoms with Crippen molar-refractivity contribution in [3.63, 3.8) is 0 Å². The first-order valence-corrected chi connectivity index (χ1v) is 24.4. The molecular weight excluding hydrogens is 716 g/mol. The van der Waals surface area contributed by atoms with E-state index in [1.54, 1.807) is 38.9 Å². The molecule has 0 aromatic heterocycles. The first kappa shape index (κ1) is 43.3. The molecule has 298 valence electrons. The third-order valence-electron chi connectivity index (χ3n) is 13.8. The lowest BCUT2D eigenvalue weighted by molar-refractivity contribution is 0.394. The Morgan fingerprint density at radius 3 is 1.06 bits per heavy atom. The van der Waals surface area contributed by atoms with Crippen LogP contribution in [0.15, 0.2) is 53.0 Å². The summed E-state index contributed by atoms with van der Waals surface area (Å²) < 4.78 is 1.25. The van der Waals surface area contributed by atoms with Gasteiger partial charge in [0.25, 0.3) is 0 Å². The lowest BCUT2D eigenvalue weighted by Crippen LogP contribution is -2.27. The summed E-state index contributed by atoms with van der Waals surface area (Å²) in [7, 11) is 0. The van der Waals surface area contributed by atoms with Crippen LogP contribution in [0.3, 0.4) is 0 Å². The smallest absolute Gasteiger partial charge is 0.0215 e. The molecule has 0 amide bonds. The first-order valence-electron chi connectivity index (χ1n) is 23.6. The van der Waals surface area contributed by atoms with Crippen LogP contribution in [0, 0.1) is 6.92 Å². The van der Waals surface area contributed by atoms with Gasteiger partial charge in [0.05, 0.1) is 0 Å². The molecule has 2 aliphatic carbocycles. The van der Waals surface area contributed by atoms with Gasteiger partial charge in [0.1, 0.15) is 0 Å². The van der Waals surface area contributed by atoms with Crippen molar-refractivity contribution < 1.29 is 0 Å². The molecule has 3 aromatic carbocycles. The number of aryl methyl sites for hydroxylation is 1. The predicted molar refractivity (Wildman–Crippen MR) is 243 cm³/mol. The SMILES string of the molecule is CCCCCCCCC1(CCCCCCCC)c2cc(C)ccc2-c2cc3c(cc21)-c1ccc(Br)cc1C3(CCCCCCCC)CCCCCCCC. The molecule has 0 spiro atoms. The van der Waals surface area contributed by atoms with Crippen LogP contribution < -0.4 is 0 Å². The monoisotopic (exact) mass is 795 g/mol. The van der Waals surface area contributed by atoms with Gasteiger partial charge in [-0.1, -0.05) is 228 Å². The summed E-state index contributed by atoms with van der Waals surface area (Å²) in [6.45, 7) is 11.7. The summed E-state index contributed by atoms with van der Waals surface area (Å²) in [5.41, 5.74) is 14.5. The molecule has 1 heteroatoms. The maximum Gasteiger partial charge on any atom is 0.0215 e. The topological polar surface area (TPSA) is 0 Å². The third-order valence-corrected chi connectivity index (χ3v) is 14.3. The minimum Gasteiger partial charge on any atom is -0.0654 e. The Balaban J connectivity index is 1.59. The van der Waals surface area contributed by atoms with Gasteiger partial charge in [-0.3, -0.25) is 0 Å². The Hall–Kier alpha value is -1.86. The summed E-state index contributed by atoms with van der Waals surface area (Å²) in [6.07, 6.45) is 37.9. The second-order valence-corrected chi connectivity index (χ2v) is 18.8. The molecule has 0 saturated heterocycles. The van der Waals surface area contributed by atoms with Crippen molar-refractivity contribution in [1.82, 2.24) is 0 Å². The van der Waals surface area contributed by atoms with Crippen molar-refractivity contribution >= 4 is 15.9 Å². The van der Waals surface area contributed by atoms with Crippen LogP contribution in [0.25, 0.3) is 22.3 Å². The van der Waals surface area contributed by atoms with Crippen LogP contribution in [0.1, 0.15) is 235 Å². The van der Waals surface area contributed by atoms with E-state index in [-0.39, 0.29) is 10.8 Å². The predicted octanol–water partition coefficient (Wildman–Crippen LogP) is 18.3. The van der Waals surface area contributed by atoms with Gasteiger partial charge < -0.3 is 0 Å². The van der Waals surface area contributed by atoms with E-state index in [0.29, 0.717) is 0 Å². The summed E-state index contributed by atoms with van der Waals surface area (Å²) in [5, 5.41) is 0. The van der Waals surface area contributed by atoms with Crippen LogP contribution in [-0.2, 0) is 10.8 Å². The number of unbranched alkanes of at least 4 members (excludes halogenated alkanes) is 20. The molecule has 0 unspecified atom stereocenters. The summed E-state index contributed by atoms with van der Waals surface area (Å²) in [6, 6.07) is 20.5. The zero-order valence-corrected chi connectivity index (χ0v) is 37.4. The van der Waals surface area contributed by atoms with Crippen molar-refractivity contribution in [3.05, 3.63) is 80.8 Å². The maximum atomic E-state index is 3.98. The minimum atomic E-state index is 0.105. The van der Waals surface area contributed by atoms with Crippen LogP contribution in [0.2, 0.25) is 0 Å². The van der Waals surface area contributed by atoms with E-state index in [0.717, 1.165) is 0 Å². The van der Waals surface area contributed by atoms with Gasteiger partial charge in [-0.15, -0.1) is 0 Å². The quantitative estimate of drug-likeness (QED) is 0.0642. The second-order valence-electron chi connectivity index (χ2n) is 17.9. The number of benzene rings is 3. The summed E-state index contributed by atoms with van der Waals surface area (Å²) in [4.78, 5) is 0. The minimum absolute atomic E-state index is 0.105. The van der Waals surface area contributed by atoms with Crippen molar-refractivity contribution in [2.24, 2.45) is 0 Å². The highest BCUT2D eigenvalue weighted by Gasteiger charge is 2.47. The molecule has 0 fully saturated rings. The molecule has 0 aliphatic heterocycles. The number of halogens is 1. The Labute approximate surface area is 342 Å². The van der Waals surface area contributed by atoms with Crippen LogP contribution in [0.5, 0.6) is 0 Å². The molecule has 0 radical (unpaired) electrons. The highest BCUT2D eigenvalue weighted by molar-refractivity contribution is 9.10. The van der Waals surface area contributed by atoms with E-state index in [1.165, 1.54) is 195 Å². The van der Waals surface area contributed by atoms with Crippen LogP contribution in [0.4, 0.5) is 0 Å². The number of fused-ring (bicyclic) bond motifs is 6. The Morgan fingerprint density at radius 2 is 0.667 bits per heavy atom. The van der Waals surface area contributed by atoms with Crippen molar-refractivity contribution in [1.29, 1.82) is 0 Å². The van der Waals surface area contributed by atoms with Crippen molar-refractivity contribution in [3.8, 4) is 22.3 Å². The average molecular weight is 796 g/mol. The largest absolute Gasteiger partial charge is 0.0654 e. The van der Waals surface area contributed by atoms with Gasteiger partial charge in [0.15, 0.2) is 0 Å². The van der Waals surface area contributed by atoms with Crippen molar-refractivity contribution in [2.75, 3.05) is 0 Å². The molecule has 0 saturated carbocycles. The molecule has 0 atom stereocenters. The lowest BCUT2D eigenvalue weighted by Gasteiger charge is -2.35. The number of rotatable bonds is 28. The van der Waals surface area contributed by atoms with Crippen LogP contribution in [-0.4, -0.2) is 0 Å². The molecule has 3 aromatic rings. The van der Waals surface area contributed by atoms with Gasteiger partial charge in [-0.05, 0) is 101 Å². The molecule has 5 rings (SSSR count). The molecule has 0 heterocycles. The summed E-state index contributed by atoms with van der Waals surface area (Å²) in [5.74, 6) is 0. The Kier molecular flexibility index (Phi) is 17.8. The van der Waals surface area contributed by atoms with E-state index in [9.17, 15) is 0 Å². The molecular formula is C53H79Br. The normalized spacial score (nSPS) is 14.6. The lowest BCUT2D eigenvalue weighted by atomic mass is 9.68. The van der Waals surface area contributed by atoms with Gasteiger partial charge in [-0.2, -0.15) is 0 Å². The second kappa shape index (κ2) is 22.2. The zero-order valence-electron chi connectivity index (χ0n) is 35.8. The van der Waals surface area contributed by atoms with Gasteiger partial charge in [0.2, 0.25) is 0 Å². The van der Waals surface area contributed by atoms with Gasteiger partial charge >= 0.3 is 0 Å². The summed E-state index contributed by atoms with van der Waals surface area (Å²) >= 11 is 3.98. The fraction of sp³-hybridized carbons (Fsp3) is 0.660.